The fourth-order valence-corrected chi connectivity index (χ4v) is 2.64. The zero-order valence-electron chi connectivity index (χ0n) is 9.33. The molecule has 1 unspecified atom stereocenters. The average molecular weight is 253 g/mol. The molecule has 0 saturated carbocycles. The van der Waals surface area contributed by atoms with Gasteiger partial charge in [0.15, 0.2) is 11.5 Å². The smallest absolute Gasteiger partial charge is 0.199 e. The second kappa shape index (κ2) is 4.44. The minimum atomic E-state index is 0.349. The van der Waals surface area contributed by atoms with Gasteiger partial charge in [0.2, 0.25) is 0 Å². The van der Waals surface area contributed by atoms with Gasteiger partial charge in [-0.05, 0) is 29.7 Å². The van der Waals surface area contributed by atoms with Crippen LogP contribution in [0.15, 0.2) is 12.4 Å². The lowest BCUT2D eigenvalue weighted by Gasteiger charge is -2.35. The van der Waals surface area contributed by atoms with Crippen LogP contribution in [-0.2, 0) is 0 Å². The molecule has 1 aliphatic heterocycles. The fourth-order valence-electron chi connectivity index (χ4n) is 2.32. The van der Waals surface area contributed by atoms with Crippen molar-refractivity contribution in [2.45, 2.75) is 25.3 Å². The Morgan fingerprint density at radius 2 is 2.29 bits per heavy atom. The third-order valence-corrected chi connectivity index (χ3v) is 3.55. The summed E-state index contributed by atoms with van der Waals surface area (Å²) in [5.74, 6) is 1.55. The van der Waals surface area contributed by atoms with Gasteiger partial charge in [0.25, 0.3) is 0 Å². The molecule has 0 aromatic carbocycles. The predicted octanol–water partition coefficient (Wildman–Crippen LogP) is 1.12. The first-order valence-corrected chi connectivity index (χ1v) is 6.28. The highest BCUT2D eigenvalue weighted by Crippen LogP contribution is 2.24. The van der Waals surface area contributed by atoms with E-state index in [9.17, 15) is 0 Å². The van der Waals surface area contributed by atoms with Crippen LogP contribution in [0, 0.1) is 0 Å². The summed E-state index contributed by atoms with van der Waals surface area (Å²) >= 11 is 6.03. The number of aromatic nitrogens is 5. The molecule has 0 bridgehead atoms. The normalized spacial score (nSPS) is 21.0. The molecule has 0 radical (unpaired) electrons. The molecule has 2 aromatic rings. The lowest BCUT2D eigenvalue weighted by molar-refractivity contribution is 0.480. The van der Waals surface area contributed by atoms with Gasteiger partial charge >= 0.3 is 0 Å². The summed E-state index contributed by atoms with van der Waals surface area (Å²) in [7, 11) is 0. The Bertz CT molecular complexity index is 512. The molecule has 1 saturated heterocycles. The second-order valence-corrected chi connectivity index (χ2v) is 4.52. The van der Waals surface area contributed by atoms with Crippen molar-refractivity contribution in [3.63, 3.8) is 0 Å². The van der Waals surface area contributed by atoms with Crippen LogP contribution in [0.1, 0.15) is 19.3 Å². The molecule has 90 valence electrons. The minimum Gasteiger partial charge on any atom is -0.351 e. The molecule has 0 spiro atoms. The third-order valence-electron chi connectivity index (χ3n) is 3.19. The van der Waals surface area contributed by atoms with Gasteiger partial charge in [-0.15, -0.1) is 16.7 Å². The number of rotatable bonds is 2. The molecule has 17 heavy (non-hydrogen) atoms. The van der Waals surface area contributed by atoms with Gasteiger partial charge in [0.1, 0.15) is 0 Å². The van der Waals surface area contributed by atoms with Gasteiger partial charge in [-0.25, -0.2) is 0 Å². The van der Waals surface area contributed by atoms with E-state index in [4.69, 9.17) is 11.6 Å². The maximum atomic E-state index is 6.03. The average Bonchev–Trinajstić information content (AvgIpc) is 2.86. The monoisotopic (exact) mass is 252 g/mol. The van der Waals surface area contributed by atoms with E-state index in [0.29, 0.717) is 17.6 Å². The van der Waals surface area contributed by atoms with Crippen molar-refractivity contribution in [3.8, 4) is 0 Å². The molecule has 3 heterocycles. The Morgan fingerprint density at radius 1 is 1.35 bits per heavy atom. The Labute approximate surface area is 104 Å². The predicted molar refractivity (Wildman–Crippen MR) is 64.3 cm³/mol. The van der Waals surface area contributed by atoms with Gasteiger partial charge in [-0.1, -0.05) is 0 Å². The Hall–Kier alpha value is -1.43. The van der Waals surface area contributed by atoms with Crippen LogP contribution >= 0.6 is 11.6 Å². The maximum Gasteiger partial charge on any atom is 0.199 e. The summed E-state index contributed by atoms with van der Waals surface area (Å²) in [6, 6.07) is 0.349. The van der Waals surface area contributed by atoms with Crippen LogP contribution in [0.4, 0.5) is 5.82 Å². The zero-order chi connectivity index (χ0) is 11.7. The number of tetrazole rings is 1. The summed E-state index contributed by atoms with van der Waals surface area (Å²) in [5.41, 5.74) is 0.668. The Morgan fingerprint density at radius 3 is 3.18 bits per heavy atom. The third kappa shape index (κ3) is 1.82. The minimum absolute atomic E-state index is 0.349. The molecular formula is C10H13ClN6. The summed E-state index contributed by atoms with van der Waals surface area (Å²) in [4.78, 5) is 6.44. The summed E-state index contributed by atoms with van der Waals surface area (Å²) < 4.78 is 1.72. The van der Waals surface area contributed by atoms with Gasteiger partial charge in [-0.2, -0.15) is 4.52 Å². The summed E-state index contributed by atoms with van der Waals surface area (Å²) in [6.07, 6.45) is 6.97. The molecule has 0 amide bonds. The number of nitrogens with zero attached hydrogens (tertiary/aromatic N) is 6. The molecule has 0 aliphatic carbocycles. The summed E-state index contributed by atoms with van der Waals surface area (Å²) in [5, 5.41) is 11.6. The van der Waals surface area contributed by atoms with Crippen LogP contribution in [0.25, 0.3) is 5.65 Å². The SMILES string of the molecule is ClCC1CCCCN1c1cncc2nnnn12. The first-order valence-electron chi connectivity index (χ1n) is 5.75. The van der Waals surface area contributed by atoms with Crippen molar-refractivity contribution in [3.05, 3.63) is 12.4 Å². The number of piperidine rings is 1. The van der Waals surface area contributed by atoms with Crippen molar-refractivity contribution in [1.82, 2.24) is 25.0 Å². The molecule has 1 atom stereocenters. The number of fused-ring (bicyclic) bond motifs is 1. The van der Waals surface area contributed by atoms with Crippen molar-refractivity contribution in [2.75, 3.05) is 17.3 Å². The standard InChI is InChI=1S/C10H13ClN6/c11-5-8-3-1-2-4-16(8)10-7-12-6-9-13-14-15-17(9)10/h6-8H,1-5H2. The number of hydrogen-bond donors (Lipinski definition) is 0. The van der Waals surface area contributed by atoms with Crippen molar-refractivity contribution in [1.29, 1.82) is 0 Å². The zero-order valence-corrected chi connectivity index (χ0v) is 10.1. The van der Waals surface area contributed by atoms with E-state index in [2.05, 4.69) is 25.4 Å². The summed E-state index contributed by atoms with van der Waals surface area (Å²) in [6.45, 7) is 0.984. The molecule has 1 fully saturated rings. The van der Waals surface area contributed by atoms with Crippen LogP contribution in [0.3, 0.4) is 0 Å². The van der Waals surface area contributed by atoms with Crippen LogP contribution in [0.5, 0.6) is 0 Å². The van der Waals surface area contributed by atoms with E-state index >= 15 is 0 Å². The number of anilines is 1. The van der Waals surface area contributed by atoms with Crippen molar-refractivity contribution in [2.24, 2.45) is 0 Å². The maximum absolute atomic E-state index is 6.03. The topological polar surface area (TPSA) is 59.2 Å². The van der Waals surface area contributed by atoms with E-state index in [1.807, 2.05) is 0 Å². The quantitative estimate of drug-likeness (QED) is 0.750. The first kappa shape index (κ1) is 10.7. The lowest BCUT2D eigenvalue weighted by atomic mass is 10.0. The molecule has 2 aromatic heterocycles. The second-order valence-electron chi connectivity index (χ2n) is 4.21. The number of hydrogen-bond acceptors (Lipinski definition) is 5. The van der Waals surface area contributed by atoms with Gasteiger partial charge in [0.05, 0.1) is 12.4 Å². The van der Waals surface area contributed by atoms with Crippen LogP contribution in [0.2, 0.25) is 0 Å². The number of alkyl halides is 1. The van der Waals surface area contributed by atoms with Crippen LogP contribution in [-0.4, -0.2) is 43.5 Å². The Kier molecular flexibility index (Phi) is 2.80. The van der Waals surface area contributed by atoms with E-state index in [1.54, 1.807) is 16.9 Å². The highest BCUT2D eigenvalue weighted by atomic mass is 35.5. The molecule has 0 N–H and O–H groups in total. The lowest BCUT2D eigenvalue weighted by Crippen LogP contribution is -2.41. The van der Waals surface area contributed by atoms with Crippen molar-refractivity contribution >= 4 is 23.1 Å². The molecule has 1 aliphatic rings. The first-order chi connectivity index (χ1) is 8.40. The van der Waals surface area contributed by atoms with Crippen LogP contribution < -0.4 is 4.90 Å². The molecule has 6 nitrogen and oxygen atoms in total. The van der Waals surface area contributed by atoms with Gasteiger partial charge in [0, 0.05) is 18.5 Å². The molecule has 3 rings (SSSR count). The Balaban J connectivity index is 2.04. The highest BCUT2D eigenvalue weighted by molar-refractivity contribution is 6.18. The van der Waals surface area contributed by atoms with E-state index < -0.39 is 0 Å². The number of halogens is 1. The van der Waals surface area contributed by atoms with Gasteiger partial charge < -0.3 is 4.90 Å². The van der Waals surface area contributed by atoms with E-state index in [0.717, 1.165) is 18.8 Å². The van der Waals surface area contributed by atoms with Crippen molar-refractivity contribution < 1.29 is 0 Å². The molecule has 7 heteroatoms. The van der Waals surface area contributed by atoms with E-state index in [-0.39, 0.29) is 0 Å². The van der Waals surface area contributed by atoms with E-state index in [1.165, 1.54) is 12.8 Å². The van der Waals surface area contributed by atoms with Gasteiger partial charge in [-0.3, -0.25) is 4.98 Å². The highest BCUT2D eigenvalue weighted by Gasteiger charge is 2.24. The largest absolute Gasteiger partial charge is 0.351 e. The fraction of sp³-hybridized carbons (Fsp3) is 0.600. The molecular weight excluding hydrogens is 240 g/mol.